The number of thiocarbonyl (C=S) groups is 2. The van der Waals surface area contributed by atoms with E-state index in [1.807, 2.05) is 60.7 Å². The Hall–Kier alpha value is -2.26. The molecule has 1 heterocycles. The molecule has 0 aromatic heterocycles. The molecule has 8 heteroatoms. The molecule has 1 fully saturated rings. The zero-order valence-corrected chi connectivity index (χ0v) is 15.6. The van der Waals surface area contributed by atoms with Crippen molar-refractivity contribution in [3.63, 3.8) is 0 Å². The molecule has 6 nitrogen and oxygen atoms in total. The lowest BCUT2D eigenvalue weighted by molar-refractivity contribution is -0.149. The van der Waals surface area contributed by atoms with Crippen molar-refractivity contribution in [1.29, 1.82) is 0 Å². The second kappa shape index (κ2) is 9.44. The van der Waals surface area contributed by atoms with Crippen molar-refractivity contribution < 1.29 is 9.47 Å². The molecule has 1 saturated heterocycles. The van der Waals surface area contributed by atoms with E-state index in [0.29, 0.717) is 23.4 Å². The number of hydrogen-bond donors (Lipinski definition) is 4. The first kappa shape index (κ1) is 18.5. The van der Waals surface area contributed by atoms with Crippen molar-refractivity contribution in [2.75, 3.05) is 23.8 Å². The molecule has 0 saturated carbocycles. The fourth-order valence-corrected chi connectivity index (χ4v) is 2.86. The average Bonchev–Trinajstić information content (AvgIpc) is 2.65. The summed E-state index contributed by atoms with van der Waals surface area (Å²) in [6.45, 7) is 0.950. The third-order valence-corrected chi connectivity index (χ3v) is 4.00. The third kappa shape index (κ3) is 5.63. The van der Waals surface area contributed by atoms with Crippen LogP contribution in [-0.2, 0) is 9.47 Å². The Balaban J connectivity index is 1.53. The molecular weight excluding hydrogens is 368 g/mol. The molecule has 0 aliphatic carbocycles. The topological polar surface area (TPSA) is 66.6 Å². The van der Waals surface area contributed by atoms with E-state index in [4.69, 9.17) is 33.9 Å². The summed E-state index contributed by atoms with van der Waals surface area (Å²) < 4.78 is 11.5. The number of rotatable bonds is 4. The van der Waals surface area contributed by atoms with E-state index in [1.165, 1.54) is 0 Å². The summed E-state index contributed by atoms with van der Waals surface area (Å²) in [5.74, 6) is 0. The number of ether oxygens (including phenoxy) is 2. The maximum absolute atomic E-state index is 5.74. The van der Waals surface area contributed by atoms with Gasteiger partial charge in [-0.15, -0.1) is 0 Å². The van der Waals surface area contributed by atoms with Crippen LogP contribution >= 0.6 is 24.4 Å². The van der Waals surface area contributed by atoms with Gasteiger partial charge in [0.25, 0.3) is 0 Å². The summed E-state index contributed by atoms with van der Waals surface area (Å²) in [6.07, 6.45) is -0.939. The first-order valence-electron chi connectivity index (χ1n) is 8.19. The van der Waals surface area contributed by atoms with Gasteiger partial charge >= 0.3 is 0 Å². The van der Waals surface area contributed by atoms with Gasteiger partial charge in [-0.05, 0) is 48.7 Å². The van der Waals surface area contributed by atoms with Crippen molar-refractivity contribution in [2.24, 2.45) is 0 Å². The molecule has 3 rings (SSSR count). The minimum Gasteiger partial charge on any atom is -0.351 e. The van der Waals surface area contributed by atoms with Crippen LogP contribution in [0.2, 0.25) is 0 Å². The maximum Gasteiger partial charge on any atom is 0.174 e. The van der Waals surface area contributed by atoms with E-state index in [1.54, 1.807) is 0 Å². The van der Waals surface area contributed by atoms with Crippen LogP contribution in [0.4, 0.5) is 11.4 Å². The highest BCUT2D eigenvalue weighted by Gasteiger charge is 2.28. The number of anilines is 2. The van der Waals surface area contributed by atoms with Gasteiger partial charge in [0.05, 0.1) is 13.2 Å². The number of nitrogens with one attached hydrogen (secondary N) is 4. The monoisotopic (exact) mass is 388 g/mol. The van der Waals surface area contributed by atoms with Crippen LogP contribution in [0.5, 0.6) is 0 Å². The van der Waals surface area contributed by atoms with Crippen molar-refractivity contribution in [3.8, 4) is 0 Å². The Morgan fingerprint density at radius 1 is 0.692 bits per heavy atom. The van der Waals surface area contributed by atoms with Gasteiger partial charge in [-0.2, -0.15) is 0 Å². The molecule has 0 unspecified atom stereocenters. The third-order valence-electron chi connectivity index (χ3n) is 3.56. The molecule has 2 aromatic rings. The van der Waals surface area contributed by atoms with Gasteiger partial charge in [-0.25, -0.2) is 0 Å². The molecule has 2 aromatic carbocycles. The van der Waals surface area contributed by atoms with E-state index in [-0.39, 0.29) is 0 Å². The van der Waals surface area contributed by atoms with Crippen LogP contribution in [0.1, 0.15) is 0 Å². The highest BCUT2D eigenvalue weighted by molar-refractivity contribution is 7.80. The first-order chi connectivity index (χ1) is 12.7. The predicted molar refractivity (Wildman–Crippen MR) is 111 cm³/mol. The minimum atomic E-state index is -0.469. The van der Waals surface area contributed by atoms with Gasteiger partial charge < -0.3 is 30.7 Å². The van der Waals surface area contributed by atoms with Crippen molar-refractivity contribution in [3.05, 3.63) is 60.7 Å². The van der Waals surface area contributed by atoms with Crippen LogP contribution in [0.15, 0.2) is 60.7 Å². The first-order valence-corrected chi connectivity index (χ1v) is 9.01. The summed E-state index contributed by atoms with van der Waals surface area (Å²) in [7, 11) is 0. The predicted octanol–water partition coefficient (Wildman–Crippen LogP) is 2.66. The lowest BCUT2D eigenvalue weighted by Gasteiger charge is -2.34. The van der Waals surface area contributed by atoms with Gasteiger partial charge in [0.1, 0.15) is 0 Å². The van der Waals surface area contributed by atoms with Crippen LogP contribution in [0.3, 0.4) is 0 Å². The Morgan fingerprint density at radius 2 is 1.08 bits per heavy atom. The van der Waals surface area contributed by atoms with Crippen molar-refractivity contribution in [1.82, 2.24) is 10.6 Å². The fraction of sp³-hybridized carbons (Fsp3) is 0.222. The van der Waals surface area contributed by atoms with Gasteiger partial charge in [0, 0.05) is 11.4 Å². The molecule has 0 spiro atoms. The number of benzene rings is 2. The Kier molecular flexibility index (Phi) is 6.73. The van der Waals surface area contributed by atoms with Crippen molar-refractivity contribution >= 4 is 46.0 Å². The van der Waals surface area contributed by atoms with Gasteiger partial charge in [0.2, 0.25) is 0 Å². The molecule has 136 valence electrons. The summed E-state index contributed by atoms with van der Waals surface area (Å²) in [5, 5.41) is 13.3. The quantitative estimate of drug-likeness (QED) is 0.596. The van der Waals surface area contributed by atoms with E-state index in [2.05, 4.69) is 21.3 Å². The van der Waals surface area contributed by atoms with Crippen molar-refractivity contribution in [2.45, 2.75) is 12.5 Å². The second-order valence-electron chi connectivity index (χ2n) is 5.51. The van der Waals surface area contributed by atoms with E-state index >= 15 is 0 Å². The molecule has 26 heavy (non-hydrogen) atoms. The van der Waals surface area contributed by atoms with Gasteiger partial charge in [-0.1, -0.05) is 36.4 Å². The highest BCUT2D eigenvalue weighted by atomic mass is 32.1. The van der Waals surface area contributed by atoms with E-state index in [9.17, 15) is 0 Å². The molecule has 2 atom stereocenters. The Labute approximate surface area is 163 Å². The SMILES string of the molecule is S=C(Nc1ccccc1)N[C@@H]1OCCO[C@H]1NC(=S)Nc1ccccc1. The zero-order chi connectivity index (χ0) is 18.2. The number of para-hydroxylation sites is 2. The average molecular weight is 389 g/mol. The smallest absolute Gasteiger partial charge is 0.174 e. The standard InChI is InChI=1S/C18H20N4O2S2/c25-17(19-13-7-3-1-4-8-13)21-15-16(24-12-11-23-15)22-18(26)20-14-9-5-2-6-10-14/h1-10,15-16H,11-12H2,(H2,19,21,25)(H2,20,22,26)/t15-,16-/m1/s1. The largest absolute Gasteiger partial charge is 0.351 e. The van der Waals surface area contributed by atoms with Gasteiger partial charge in [-0.3, -0.25) is 0 Å². The molecule has 4 N–H and O–H groups in total. The Bertz CT molecular complexity index is 667. The maximum atomic E-state index is 5.74. The zero-order valence-electron chi connectivity index (χ0n) is 14.0. The second-order valence-corrected chi connectivity index (χ2v) is 6.33. The van der Waals surface area contributed by atoms with Crippen LogP contribution in [0.25, 0.3) is 0 Å². The summed E-state index contributed by atoms with van der Waals surface area (Å²) in [5.41, 5.74) is 1.79. The van der Waals surface area contributed by atoms with Crippen LogP contribution in [-0.4, -0.2) is 35.9 Å². The van der Waals surface area contributed by atoms with Crippen LogP contribution < -0.4 is 21.3 Å². The molecule has 1 aliphatic rings. The molecular formula is C18H20N4O2S2. The minimum absolute atomic E-state index is 0.445. The number of hydrogen-bond acceptors (Lipinski definition) is 4. The summed E-state index contributed by atoms with van der Waals surface area (Å²) in [6, 6.07) is 19.4. The van der Waals surface area contributed by atoms with E-state index < -0.39 is 12.5 Å². The lowest BCUT2D eigenvalue weighted by atomic mass is 10.3. The fourth-order valence-electron chi connectivity index (χ4n) is 2.40. The Morgan fingerprint density at radius 3 is 1.46 bits per heavy atom. The van der Waals surface area contributed by atoms with Crippen LogP contribution in [0, 0.1) is 0 Å². The molecule has 0 bridgehead atoms. The molecule has 0 radical (unpaired) electrons. The summed E-state index contributed by atoms with van der Waals surface area (Å²) in [4.78, 5) is 0. The van der Waals surface area contributed by atoms with E-state index in [0.717, 1.165) is 11.4 Å². The lowest BCUT2D eigenvalue weighted by Crippen LogP contribution is -2.58. The summed E-state index contributed by atoms with van der Waals surface area (Å²) >= 11 is 10.7. The molecule has 1 aliphatic heterocycles. The normalized spacial score (nSPS) is 19.2. The highest BCUT2D eigenvalue weighted by Crippen LogP contribution is 2.10. The molecule has 0 amide bonds. The van der Waals surface area contributed by atoms with Gasteiger partial charge in [0.15, 0.2) is 22.7 Å².